The molecule has 1 N–H and O–H groups in total. The second kappa shape index (κ2) is 5.57. The molecule has 2 heterocycles. The molecular weight excluding hydrogens is 342 g/mol. The van der Waals surface area contributed by atoms with Gasteiger partial charge < -0.3 is 5.32 Å². The summed E-state index contributed by atoms with van der Waals surface area (Å²) in [7, 11) is 0. The molecule has 0 aliphatic carbocycles. The van der Waals surface area contributed by atoms with Crippen molar-refractivity contribution < 1.29 is 4.79 Å². The second-order valence-electron chi connectivity index (χ2n) is 5.39. The standard InChI is InChI=1S/C17H16BrN3O/c1-10-6-7-21-15(8-10)19-12(3)16(21)17(22)20-14-5-4-13(18)9-11(14)2/h4-9H,1-3H3,(H,20,22). The minimum atomic E-state index is -0.153. The maximum atomic E-state index is 12.6. The minimum Gasteiger partial charge on any atom is -0.320 e. The summed E-state index contributed by atoms with van der Waals surface area (Å²) < 4.78 is 2.82. The van der Waals surface area contributed by atoms with Crippen LogP contribution in [0.25, 0.3) is 5.65 Å². The van der Waals surface area contributed by atoms with E-state index in [4.69, 9.17) is 0 Å². The van der Waals surface area contributed by atoms with Gasteiger partial charge in [0.1, 0.15) is 11.3 Å². The first kappa shape index (κ1) is 14.8. The van der Waals surface area contributed by atoms with Crippen molar-refractivity contribution in [3.8, 4) is 0 Å². The zero-order valence-electron chi connectivity index (χ0n) is 12.6. The number of halogens is 1. The Labute approximate surface area is 137 Å². The van der Waals surface area contributed by atoms with Gasteiger partial charge in [-0.15, -0.1) is 0 Å². The van der Waals surface area contributed by atoms with E-state index in [9.17, 15) is 4.79 Å². The number of nitrogens with one attached hydrogen (secondary N) is 1. The van der Waals surface area contributed by atoms with E-state index in [-0.39, 0.29) is 5.91 Å². The van der Waals surface area contributed by atoms with Crippen molar-refractivity contribution in [2.75, 3.05) is 5.32 Å². The average Bonchev–Trinajstić information content (AvgIpc) is 2.76. The number of carbonyl (C=O) groups excluding carboxylic acids is 1. The fourth-order valence-electron chi connectivity index (χ4n) is 2.49. The molecule has 3 rings (SSSR count). The Bertz CT molecular complexity index is 883. The number of hydrogen-bond acceptors (Lipinski definition) is 2. The average molecular weight is 358 g/mol. The number of fused-ring (bicyclic) bond motifs is 1. The highest BCUT2D eigenvalue weighted by Gasteiger charge is 2.17. The molecule has 0 spiro atoms. The van der Waals surface area contributed by atoms with Gasteiger partial charge >= 0.3 is 0 Å². The van der Waals surface area contributed by atoms with E-state index in [1.807, 2.05) is 61.7 Å². The number of anilines is 1. The van der Waals surface area contributed by atoms with E-state index in [0.717, 1.165) is 32.6 Å². The second-order valence-corrected chi connectivity index (χ2v) is 6.31. The fourth-order valence-corrected chi connectivity index (χ4v) is 2.96. The first-order valence-corrected chi connectivity index (χ1v) is 7.78. The Morgan fingerprint density at radius 1 is 1.18 bits per heavy atom. The third-order valence-electron chi connectivity index (χ3n) is 3.61. The Morgan fingerprint density at radius 2 is 1.95 bits per heavy atom. The van der Waals surface area contributed by atoms with Gasteiger partial charge in [0.05, 0.1) is 5.69 Å². The Hall–Kier alpha value is -2.14. The SMILES string of the molecule is Cc1ccn2c(C(=O)Nc3ccc(Br)cc3C)c(C)nc2c1. The molecule has 1 aromatic carbocycles. The molecule has 0 fully saturated rings. The van der Waals surface area contributed by atoms with E-state index in [2.05, 4.69) is 26.2 Å². The lowest BCUT2D eigenvalue weighted by Crippen LogP contribution is -2.16. The molecule has 112 valence electrons. The molecule has 22 heavy (non-hydrogen) atoms. The Kier molecular flexibility index (Phi) is 3.74. The molecular formula is C17H16BrN3O. The van der Waals surface area contributed by atoms with Crippen LogP contribution in [-0.4, -0.2) is 15.3 Å². The number of hydrogen-bond donors (Lipinski definition) is 1. The van der Waals surface area contributed by atoms with E-state index < -0.39 is 0 Å². The van der Waals surface area contributed by atoms with Gasteiger partial charge in [0, 0.05) is 16.4 Å². The molecule has 3 aromatic rings. The topological polar surface area (TPSA) is 46.4 Å². The highest BCUT2D eigenvalue weighted by atomic mass is 79.9. The lowest BCUT2D eigenvalue weighted by atomic mass is 10.2. The van der Waals surface area contributed by atoms with Crippen molar-refractivity contribution in [2.45, 2.75) is 20.8 Å². The van der Waals surface area contributed by atoms with E-state index >= 15 is 0 Å². The number of nitrogens with zero attached hydrogens (tertiary/aromatic N) is 2. The van der Waals surface area contributed by atoms with Gasteiger partial charge in [-0.1, -0.05) is 15.9 Å². The molecule has 5 heteroatoms. The van der Waals surface area contributed by atoms with Gasteiger partial charge in [-0.25, -0.2) is 4.98 Å². The lowest BCUT2D eigenvalue weighted by molar-refractivity contribution is 0.102. The van der Waals surface area contributed by atoms with Crippen LogP contribution in [0.1, 0.15) is 27.3 Å². The van der Waals surface area contributed by atoms with E-state index in [1.54, 1.807) is 0 Å². The molecule has 0 saturated carbocycles. The predicted molar refractivity (Wildman–Crippen MR) is 91.5 cm³/mol. The van der Waals surface area contributed by atoms with Crippen LogP contribution in [0.3, 0.4) is 0 Å². The molecule has 1 amide bonds. The van der Waals surface area contributed by atoms with Crippen LogP contribution >= 0.6 is 15.9 Å². The van der Waals surface area contributed by atoms with E-state index in [1.165, 1.54) is 0 Å². The number of rotatable bonds is 2. The lowest BCUT2D eigenvalue weighted by Gasteiger charge is -2.09. The zero-order valence-corrected chi connectivity index (χ0v) is 14.2. The number of imidazole rings is 1. The molecule has 0 aliphatic heterocycles. The van der Waals surface area contributed by atoms with Crippen molar-refractivity contribution >= 4 is 33.2 Å². The fraction of sp³-hybridized carbons (Fsp3) is 0.176. The maximum Gasteiger partial charge on any atom is 0.274 e. The smallest absolute Gasteiger partial charge is 0.274 e. The number of pyridine rings is 1. The van der Waals surface area contributed by atoms with Crippen molar-refractivity contribution in [2.24, 2.45) is 0 Å². The largest absolute Gasteiger partial charge is 0.320 e. The van der Waals surface area contributed by atoms with Crippen LogP contribution in [-0.2, 0) is 0 Å². The van der Waals surface area contributed by atoms with Crippen LogP contribution < -0.4 is 5.32 Å². The third kappa shape index (κ3) is 2.64. The zero-order chi connectivity index (χ0) is 15.9. The molecule has 2 aromatic heterocycles. The van der Waals surface area contributed by atoms with Crippen LogP contribution in [0.4, 0.5) is 5.69 Å². The summed E-state index contributed by atoms with van der Waals surface area (Å²) in [6.07, 6.45) is 1.88. The van der Waals surface area contributed by atoms with Gasteiger partial charge in [-0.2, -0.15) is 0 Å². The third-order valence-corrected chi connectivity index (χ3v) is 4.10. The van der Waals surface area contributed by atoms with Crippen molar-refractivity contribution in [3.63, 3.8) is 0 Å². The number of aromatic nitrogens is 2. The first-order chi connectivity index (χ1) is 10.5. The quantitative estimate of drug-likeness (QED) is 0.744. The maximum absolute atomic E-state index is 12.6. The summed E-state index contributed by atoms with van der Waals surface area (Å²) >= 11 is 3.43. The first-order valence-electron chi connectivity index (χ1n) is 6.98. The number of benzene rings is 1. The van der Waals surface area contributed by atoms with Gasteiger partial charge in [0.15, 0.2) is 0 Å². The summed E-state index contributed by atoms with van der Waals surface area (Å²) in [6.45, 7) is 5.83. The molecule has 0 atom stereocenters. The van der Waals surface area contributed by atoms with Crippen molar-refractivity contribution in [1.29, 1.82) is 0 Å². The summed E-state index contributed by atoms with van der Waals surface area (Å²) in [4.78, 5) is 17.1. The van der Waals surface area contributed by atoms with Crippen LogP contribution in [0.15, 0.2) is 41.0 Å². The summed E-state index contributed by atoms with van der Waals surface area (Å²) in [6, 6.07) is 9.71. The summed E-state index contributed by atoms with van der Waals surface area (Å²) in [5.74, 6) is -0.153. The van der Waals surface area contributed by atoms with Crippen molar-refractivity contribution in [3.05, 3.63) is 63.5 Å². The number of aryl methyl sites for hydroxylation is 3. The van der Waals surface area contributed by atoms with Crippen LogP contribution in [0.2, 0.25) is 0 Å². The molecule has 0 unspecified atom stereocenters. The molecule has 0 saturated heterocycles. The Morgan fingerprint density at radius 3 is 2.68 bits per heavy atom. The molecule has 0 aliphatic rings. The van der Waals surface area contributed by atoms with E-state index in [0.29, 0.717) is 5.69 Å². The normalized spacial score (nSPS) is 10.9. The monoisotopic (exact) mass is 357 g/mol. The Balaban J connectivity index is 2.00. The molecule has 0 bridgehead atoms. The van der Waals surface area contributed by atoms with Crippen LogP contribution in [0, 0.1) is 20.8 Å². The number of carbonyl (C=O) groups is 1. The summed E-state index contributed by atoms with van der Waals surface area (Å²) in [5, 5.41) is 2.97. The predicted octanol–water partition coefficient (Wildman–Crippen LogP) is 4.27. The highest BCUT2D eigenvalue weighted by molar-refractivity contribution is 9.10. The van der Waals surface area contributed by atoms with Gasteiger partial charge in [-0.05, 0) is 62.2 Å². The van der Waals surface area contributed by atoms with Gasteiger partial charge in [0.25, 0.3) is 5.91 Å². The molecule has 0 radical (unpaired) electrons. The van der Waals surface area contributed by atoms with Crippen LogP contribution in [0.5, 0.6) is 0 Å². The van der Waals surface area contributed by atoms with Gasteiger partial charge in [0.2, 0.25) is 0 Å². The van der Waals surface area contributed by atoms with Crippen molar-refractivity contribution in [1.82, 2.24) is 9.38 Å². The number of amides is 1. The van der Waals surface area contributed by atoms with Gasteiger partial charge in [-0.3, -0.25) is 9.20 Å². The minimum absolute atomic E-state index is 0.153. The highest BCUT2D eigenvalue weighted by Crippen LogP contribution is 2.21. The summed E-state index contributed by atoms with van der Waals surface area (Å²) in [5.41, 5.74) is 5.00. The molecule has 4 nitrogen and oxygen atoms in total.